The molecule has 1 heterocycles. The zero-order valence-electron chi connectivity index (χ0n) is 14.1. The van der Waals surface area contributed by atoms with E-state index in [1.165, 1.54) is 11.1 Å². The van der Waals surface area contributed by atoms with Crippen molar-refractivity contribution < 1.29 is 9.53 Å². The maximum Gasteiger partial charge on any atom is 0.227 e. The topological polar surface area (TPSA) is 41.6 Å². The van der Waals surface area contributed by atoms with Crippen LogP contribution in [0.2, 0.25) is 0 Å². The first kappa shape index (κ1) is 16.5. The number of benzene rings is 2. The Kier molecular flexibility index (Phi) is 5.49. The summed E-state index contributed by atoms with van der Waals surface area (Å²) in [5.74, 6) is 1.14. The fourth-order valence-corrected chi connectivity index (χ4v) is 2.98. The Bertz CT molecular complexity index is 682. The van der Waals surface area contributed by atoms with Gasteiger partial charge in [0, 0.05) is 31.7 Å². The van der Waals surface area contributed by atoms with E-state index in [0.29, 0.717) is 13.0 Å². The van der Waals surface area contributed by atoms with Crippen molar-refractivity contribution in [1.29, 1.82) is 0 Å². The molecule has 1 aliphatic rings. The lowest BCUT2D eigenvalue weighted by atomic mass is 10.1. The number of ether oxygens (including phenoxy) is 1. The van der Waals surface area contributed by atoms with Crippen LogP contribution in [0.3, 0.4) is 0 Å². The molecule has 2 aromatic rings. The van der Waals surface area contributed by atoms with Gasteiger partial charge in [-0.25, -0.2) is 0 Å². The maximum atomic E-state index is 11.8. The van der Waals surface area contributed by atoms with Crippen molar-refractivity contribution in [2.75, 3.05) is 18.1 Å². The number of anilines is 1. The summed E-state index contributed by atoms with van der Waals surface area (Å²) < 4.78 is 5.52. The number of amides is 1. The average molecular weight is 324 g/mol. The second-order valence-electron chi connectivity index (χ2n) is 6.00. The zero-order valence-corrected chi connectivity index (χ0v) is 14.1. The molecule has 0 aliphatic carbocycles. The van der Waals surface area contributed by atoms with E-state index < -0.39 is 0 Å². The summed E-state index contributed by atoms with van der Waals surface area (Å²) in [4.78, 5) is 13.6. The predicted octanol–water partition coefficient (Wildman–Crippen LogP) is 3.50. The molecule has 0 bridgehead atoms. The summed E-state index contributed by atoms with van der Waals surface area (Å²) in [6.07, 6.45) is 1.63. The van der Waals surface area contributed by atoms with Crippen LogP contribution in [0.25, 0.3) is 0 Å². The molecule has 0 aromatic heterocycles. The Labute approximate surface area is 143 Å². The molecule has 2 aromatic carbocycles. The van der Waals surface area contributed by atoms with Gasteiger partial charge in [0.2, 0.25) is 5.91 Å². The first-order chi connectivity index (χ1) is 11.8. The molecule has 0 saturated carbocycles. The minimum atomic E-state index is 0.232. The molecule has 0 radical (unpaired) electrons. The normalized spacial score (nSPS) is 14.2. The van der Waals surface area contributed by atoms with Crippen molar-refractivity contribution in [2.45, 2.75) is 32.9 Å². The van der Waals surface area contributed by atoms with E-state index in [2.05, 4.69) is 29.6 Å². The van der Waals surface area contributed by atoms with Gasteiger partial charge >= 0.3 is 0 Å². The largest absolute Gasteiger partial charge is 0.494 e. The maximum absolute atomic E-state index is 11.8. The fourth-order valence-electron chi connectivity index (χ4n) is 2.98. The second kappa shape index (κ2) is 7.97. The minimum absolute atomic E-state index is 0.232. The minimum Gasteiger partial charge on any atom is -0.494 e. The van der Waals surface area contributed by atoms with Crippen molar-refractivity contribution >= 4 is 11.6 Å². The smallest absolute Gasteiger partial charge is 0.227 e. The molecule has 0 unspecified atom stereocenters. The Hall–Kier alpha value is -2.33. The third-order valence-electron chi connectivity index (χ3n) is 4.19. The summed E-state index contributed by atoms with van der Waals surface area (Å²) in [5, 5.41) is 3.45. The van der Waals surface area contributed by atoms with E-state index in [1.807, 2.05) is 36.1 Å². The Morgan fingerprint density at radius 1 is 1.08 bits per heavy atom. The summed E-state index contributed by atoms with van der Waals surface area (Å²) in [5.41, 5.74) is 3.43. The van der Waals surface area contributed by atoms with E-state index in [9.17, 15) is 4.79 Å². The molecule has 4 heteroatoms. The van der Waals surface area contributed by atoms with Crippen LogP contribution in [-0.2, 0) is 17.9 Å². The summed E-state index contributed by atoms with van der Waals surface area (Å²) in [6.45, 7) is 5.11. The molecule has 1 amide bonds. The number of nitrogens with one attached hydrogen (secondary N) is 1. The quantitative estimate of drug-likeness (QED) is 0.847. The number of rotatable bonds is 7. The standard InChI is InChI=1S/C20H24N2O2/c1-2-24-19-6-3-5-17(13-19)15-21-14-16-8-10-18(11-9-16)22-12-4-7-20(22)23/h3,5-6,8-11,13,21H,2,4,7,12,14-15H2,1H3. The first-order valence-electron chi connectivity index (χ1n) is 8.58. The van der Waals surface area contributed by atoms with Crippen LogP contribution in [0.5, 0.6) is 5.75 Å². The lowest BCUT2D eigenvalue weighted by Gasteiger charge is -2.16. The third-order valence-corrected chi connectivity index (χ3v) is 4.19. The van der Waals surface area contributed by atoms with Gasteiger partial charge in [-0.1, -0.05) is 24.3 Å². The van der Waals surface area contributed by atoms with Crippen molar-refractivity contribution in [3.63, 3.8) is 0 Å². The predicted molar refractivity (Wildman–Crippen MR) is 96.2 cm³/mol. The average Bonchev–Trinajstić information content (AvgIpc) is 3.02. The van der Waals surface area contributed by atoms with Gasteiger partial charge in [-0.2, -0.15) is 0 Å². The van der Waals surface area contributed by atoms with Gasteiger partial charge in [0.25, 0.3) is 0 Å². The van der Waals surface area contributed by atoms with Crippen molar-refractivity contribution in [1.82, 2.24) is 5.32 Å². The number of carbonyl (C=O) groups excluding carboxylic acids is 1. The molecule has 4 nitrogen and oxygen atoms in total. The summed E-state index contributed by atoms with van der Waals surface area (Å²) in [6, 6.07) is 16.4. The molecule has 1 N–H and O–H groups in total. The Morgan fingerprint density at radius 3 is 2.58 bits per heavy atom. The number of hydrogen-bond donors (Lipinski definition) is 1. The van der Waals surface area contributed by atoms with Crippen LogP contribution in [-0.4, -0.2) is 19.1 Å². The SMILES string of the molecule is CCOc1cccc(CNCc2ccc(N3CCCC3=O)cc2)c1. The van der Waals surface area contributed by atoms with Gasteiger partial charge in [-0.15, -0.1) is 0 Å². The fraction of sp³-hybridized carbons (Fsp3) is 0.350. The summed E-state index contributed by atoms with van der Waals surface area (Å²) >= 11 is 0. The van der Waals surface area contributed by atoms with Crippen LogP contribution >= 0.6 is 0 Å². The van der Waals surface area contributed by atoms with Gasteiger partial charge in [-0.05, 0) is 48.7 Å². The van der Waals surface area contributed by atoms with Crippen molar-refractivity contribution in [3.05, 3.63) is 59.7 Å². The molecular weight excluding hydrogens is 300 g/mol. The van der Waals surface area contributed by atoms with Gasteiger partial charge in [0.05, 0.1) is 6.61 Å². The lowest BCUT2D eigenvalue weighted by Crippen LogP contribution is -2.23. The van der Waals surface area contributed by atoms with Gasteiger partial charge in [0.1, 0.15) is 5.75 Å². The molecular formula is C20H24N2O2. The molecule has 126 valence electrons. The van der Waals surface area contributed by atoms with E-state index in [0.717, 1.165) is 37.5 Å². The molecule has 1 aliphatic heterocycles. The molecule has 1 saturated heterocycles. The molecule has 0 atom stereocenters. The number of nitrogens with zero attached hydrogens (tertiary/aromatic N) is 1. The second-order valence-corrected chi connectivity index (χ2v) is 6.00. The molecule has 3 rings (SSSR count). The molecule has 1 fully saturated rings. The Morgan fingerprint density at radius 2 is 1.88 bits per heavy atom. The van der Waals surface area contributed by atoms with E-state index in [4.69, 9.17) is 4.74 Å². The molecule has 24 heavy (non-hydrogen) atoms. The van der Waals surface area contributed by atoms with Crippen molar-refractivity contribution in [2.24, 2.45) is 0 Å². The van der Waals surface area contributed by atoms with Gasteiger partial charge < -0.3 is 15.0 Å². The van der Waals surface area contributed by atoms with E-state index >= 15 is 0 Å². The van der Waals surface area contributed by atoms with Crippen LogP contribution in [0.15, 0.2) is 48.5 Å². The summed E-state index contributed by atoms with van der Waals surface area (Å²) in [7, 11) is 0. The molecule has 0 spiro atoms. The lowest BCUT2D eigenvalue weighted by molar-refractivity contribution is -0.117. The number of carbonyl (C=O) groups is 1. The van der Waals surface area contributed by atoms with Crippen LogP contribution in [0.4, 0.5) is 5.69 Å². The van der Waals surface area contributed by atoms with Gasteiger partial charge in [-0.3, -0.25) is 4.79 Å². The van der Waals surface area contributed by atoms with Crippen LogP contribution in [0, 0.1) is 0 Å². The van der Waals surface area contributed by atoms with Gasteiger partial charge in [0.15, 0.2) is 0 Å². The highest BCUT2D eigenvalue weighted by Crippen LogP contribution is 2.21. The number of hydrogen-bond acceptors (Lipinski definition) is 3. The third kappa shape index (κ3) is 4.15. The van der Waals surface area contributed by atoms with E-state index in [-0.39, 0.29) is 5.91 Å². The van der Waals surface area contributed by atoms with Crippen LogP contribution in [0.1, 0.15) is 30.9 Å². The van der Waals surface area contributed by atoms with Crippen LogP contribution < -0.4 is 15.0 Å². The zero-order chi connectivity index (χ0) is 16.8. The monoisotopic (exact) mass is 324 g/mol. The van der Waals surface area contributed by atoms with Crippen molar-refractivity contribution in [3.8, 4) is 5.75 Å². The van der Waals surface area contributed by atoms with E-state index in [1.54, 1.807) is 0 Å². The highest BCUT2D eigenvalue weighted by molar-refractivity contribution is 5.95. The highest BCUT2D eigenvalue weighted by atomic mass is 16.5. The highest BCUT2D eigenvalue weighted by Gasteiger charge is 2.21. The Balaban J connectivity index is 1.51. The first-order valence-corrected chi connectivity index (χ1v) is 8.58.